The summed E-state index contributed by atoms with van der Waals surface area (Å²) in [4.78, 5) is 24.1. The number of hydrogen-bond donors (Lipinski definition) is 4. The Kier molecular flexibility index (Phi) is 16.8. The second-order valence-corrected chi connectivity index (χ2v) is 9.84. The lowest BCUT2D eigenvalue weighted by molar-refractivity contribution is -0.143. The highest BCUT2D eigenvalue weighted by Crippen LogP contribution is 2.26. The first-order valence-corrected chi connectivity index (χ1v) is 12.5. The van der Waals surface area contributed by atoms with Gasteiger partial charge in [0, 0.05) is 12.0 Å². The molecule has 0 radical (unpaired) electrons. The minimum Gasteiger partial charge on any atom is -0.481 e. The summed E-state index contributed by atoms with van der Waals surface area (Å²) in [5.74, 6) is -1.84. The fourth-order valence-corrected chi connectivity index (χ4v) is 3.89. The van der Waals surface area contributed by atoms with Crippen molar-refractivity contribution in [1.82, 2.24) is 5.32 Å². The predicted molar refractivity (Wildman–Crippen MR) is 126 cm³/mol. The molecule has 2 unspecified atom stereocenters. The van der Waals surface area contributed by atoms with Gasteiger partial charge in [-0.05, 0) is 12.3 Å². The largest absolute Gasteiger partial charge is 0.481 e. The first-order chi connectivity index (χ1) is 14.7. The zero-order valence-electron chi connectivity index (χ0n) is 20.5. The summed E-state index contributed by atoms with van der Waals surface area (Å²) in [6, 6.07) is 0. The molecule has 0 aliphatic rings. The predicted octanol–water partition coefficient (Wildman–Crippen LogP) is 4.91. The summed E-state index contributed by atoms with van der Waals surface area (Å²) in [6.45, 7) is 7.26. The van der Waals surface area contributed by atoms with E-state index in [1.54, 1.807) is 13.8 Å². The first-order valence-electron chi connectivity index (χ1n) is 12.5. The SMILES string of the molecule is CCCCCCCCC(CCCCCC)CC(CNC(=O)[C@H](O)C(C)(C)CO)C(=O)O. The molecule has 0 saturated carbocycles. The van der Waals surface area contributed by atoms with Crippen molar-refractivity contribution in [3.63, 3.8) is 0 Å². The van der Waals surface area contributed by atoms with Crippen molar-refractivity contribution in [2.24, 2.45) is 17.3 Å². The van der Waals surface area contributed by atoms with E-state index in [1.807, 2.05) is 0 Å². The highest BCUT2D eigenvalue weighted by molar-refractivity contribution is 5.82. The van der Waals surface area contributed by atoms with Crippen molar-refractivity contribution >= 4 is 11.9 Å². The zero-order valence-corrected chi connectivity index (χ0v) is 20.5. The van der Waals surface area contributed by atoms with Crippen molar-refractivity contribution in [3.05, 3.63) is 0 Å². The molecular weight excluding hydrogens is 394 g/mol. The van der Waals surface area contributed by atoms with Crippen LogP contribution in [0.3, 0.4) is 0 Å². The smallest absolute Gasteiger partial charge is 0.308 e. The van der Waals surface area contributed by atoms with Gasteiger partial charge in [0.2, 0.25) is 5.91 Å². The van der Waals surface area contributed by atoms with Gasteiger partial charge in [-0.3, -0.25) is 9.59 Å². The summed E-state index contributed by atoms with van der Waals surface area (Å²) in [7, 11) is 0. The number of carbonyl (C=O) groups is 2. The van der Waals surface area contributed by atoms with Gasteiger partial charge >= 0.3 is 5.97 Å². The number of aliphatic hydroxyl groups is 2. The monoisotopic (exact) mass is 443 g/mol. The van der Waals surface area contributed by atoms with E-state index in [4.69, 9.17) is 0 Å². The van der Waals surface area contributed by atoms with Crippen LogP contribution in [0.2, 0.25) is 0 Å². The quantitative estimate of drug-likeness (QED) is 0.200. The van der Waals surface area contributed by atoms with Gasteiger partial charge in [0.25, 0.3) is 0 Å². The molecule has 184 valence electrons. The van der Waals surface area contributed by atoms with Crippen LogP contribution in [-0.4, -0.2) is 46.5 Å². The van der Waals surface area contributed by atoms with Gasteiger partial charge in [0.1, 0.15) is 6.10 Å². The number of aliphatic carboxylic acids is 1. The number of aliphatic hydroxyl groups excluding tert-OH is 2. The molecule has 3 atom stereocenters. The van der Waals surface area contributed by atoms with Crippen LogP contribution in [0, 0.1) is 17.3 Å². The summed E-state index contributed by atoms with van der Waals surface area (Å²) < 4.78 is 0. The molecule has 0 aromatic carbocycles. The number of nitrogens with one attached hydrogen (secondary N) is 1. The Morgan fingerprint density at radius 2 is 1.35 bits per heavy atom. The van der Waals surface area contributed by atoms with E-state index >= 15 is 0 Å². The van der Waals surface area contributed by atoms with Crippen molar-refractivity contribution in [3.8, 4) is 0 Å². The van der Waals surface area contributed by atoms with Crippen LogP contribution in [0.15, 0.2) is 0 Å². The van der Waals surface area contributed by atoms with Crippen molar-refractivity contribution < 1.29 is 24.9 Å². The molecule has 31 heavy (non-hydrogen) atoms. The van der Waals surface area contributed by atoms with E-state index in [1.165, 1.54) is 51.4 Å². The zero-order chi connectivity index (χ0) is 23.7. The Bertz CT molecular complexity index is 481. The third kappa shape index (κ3) is 13.8. The Morgan fingerprint density at radius 1 is 0.871 bits per heavy atom. The number of rotatable bonds is 20. The van der Waals surface area contributed by atoms with Gasteiger partial charge in [0.15, 0.2) is 0 Å². The maximum Gasteiger partial charge on any atom is 0.308 e. The average molecular weight is 444 g/mol. The number of unbranched alkanes of at least 4 members (excludes halogenated alkanes) is 8. The standard InChI is InChI=1S/C25H49NO5/c1-5-7-9-11-12-14-16-20(15-13-10-8-6-2)17-21(24(30)31)18-26-23(29)22(28)25(3,4)19-27/h20-22,27-28H,5-19H2,1-4H3,(H,26,29)(H,30,31)/t20?,21?,22-/m0/s1. The molecule has 4 N–H and O–H groups in total. The lowest BCUT2D eigenvalue weighted by Gasteiger charge is -2.28. The molecule has 0 aromatic rings. The summed E-state index contributed by atoms with van der Waals surface area (Å²) in [6.07, 6.45) is 13.3. The minimum absolute atomic E-state index is 0.00863. The first kappa shape index (κ1) is 29.9. The van der Waals surface area contributed by atoms with Crippen molar-refractivity contribution in [1.29, 1.82) is 0 Å². The van der Waals surface area contributed by atoms with Crippen LogP contribution in [-0.2, 0) is 9.59 Å². The van der Waals surface area contributed by atoms with E-state index in [-0.39, 0.29) is 13.2 Å². The topological polar surface area (TPSA) is 107 Å². The normalized spacial score (nSPS) is 14.8. The van der Waals surface area contributed by atoms with Crippen LogP contribution in [0.5, 0.6) is 0 Å². The average Bonchev–Trinajstić information content (AvgIpc) is 2.74. The van der Waals surface area contributed by atoms with Gasteiger partial charge in [-0.25, -0.2) is 0 Å². The third-order valence-electron chi connectivity index (χ3n) is 6.32. The van der Waals surface area contributed by atoms with Crippen LogP contribution < -0.4 is 5.32 Å². The van der Waals surface area contributed by atoms with E-state index < -0.39 is 29.3 Å². The molecule has 0 bridgehead atoms. The molecule has 0 rings (SSSR count). The number of carboxylic acid groups (broad SMARTS) is 1. The summed E-state index contributed by atoms with van der Waals surface area (Å²) >= 11 is 0. The van der Waals surface area contributed by atoms with Crippen LogP contribution >= 0.6 is 0 Å². The molecule has 0 heterocycles. The third-order valence-corrected chi connectivity index (χ3v) is 6.32. The number of amides is 1. The lowest BCUT2D eigenvalue weighted by Crippen LogP contribution is -2.47. The molecule has 0 fully saturated rings. The lowest BCUT2D eigenvalue weighted by atomic mass is 9.85. The van der Waals surface area contributed by atoms with Gasteiger partial charge < -0.3 is 20.6 Å². The molecule has 0 aliphatic carbocycles. The van der Waals surface area contributed by atoms with Crippen molar-refractivity contribution in [2.75, 3.05) is 13.2 Å². The molecule has 6 nitrogen and oxygen atoms in total. The van der Waals surface area contributed by atoms with Crippen LogP contribution in [0.4, 0.5) is 0 Å². The Balaban J connectivity index is 4.75. The fourth-order valence-electron chi connectivity index (χ4n) is 3.89. The molecule has 0 aromatic heterocycles. The second kappa shape index (κ2) is 17.4. The van der Waals surface area contributed by atoms with E-state index in [9.17, 15) is 24.9 Å². The molecular formula is C25H49NO5. The van der Waals surface area contributed by atoms with E-state index in [0.29, 0.717) is 12.3 Å². The molecule has 0 aliphatic heterocycles. The Labute approximate surface area is 190 Å². The fraction of sp³-hybridized carbons (Fsp3) is 0.920. The molecule has 0 spiro atoms. The van der Waals surface area contributed by atoms with Gasteiger partial charge in [0.05, 0.1) is 12.5 Å². The summed E-state index contributed by atoms with van der Waals surface area (Å²) in [5, 5.41) is 31.8. The maximum atomic E-state index is 12.2. The number of carboxylic acids is 1. The maximum absolute atomic E-state index is 12.2. The number of hydrogen-bond acceptors (Lipinski definition) is 4. The molecule has 0 saturated heterocycles. The Hall–Kier alpha value is -1.14. The highest BCUT2D eigenvalue weighted by Gasteiger charge is 2.33. The van der Waals surface area contributed by atoms with Gasteiger partial charge in [-0.2, -0.15) is 0 Å². The molecule has 6 heteroatoms. The van der Waals surface area contributed by atoms with E-state index in [2.05, 4.69) is 19.2 Å². The van der Waals surface area contributed by atoms with Crippen molar-refractivity contribution in [2.45, 2.75) is 117 Å². The highest BCUT2D eigenvalue weighted by atomic mass is 16.4. The summed E-state index contributed by atoms with van der Waals surface area (Å²) in [5.41, 5.74) is -0.970. The van der Waals surface area contributed by atoms with Gasteiger partial charge in [-0.1, -0.05) is 105 Å². The number of carbonyl (C=O) groups excluding carboxylic acids is 1. The Morgan fingerprint density at radius 3 is 1.84 bits per heavy atom. The van der Waals surface area contributed by atoms with Crippen LogP contribution in [0.25, 0.3) is 0 Å². The minimum atomic E-state index is -1.38. The molecule has 1 amide bonds. The van der Waals surface area contributed by atoms with Gasteiger partial charge in [-0.15, -0.1) is 0 Å². The second-order valence-electron chi connectivity index (χ2n) is 9.84. The van der Waals surface area contributed by atoms with E-state index in [0.717, 1.165) is 25.7 Å². The van der Waals surface area contributed by atoms with Crippen LogP contribution in [0.1, 0.15) is 111 Å².